The van der Waals surface area contributed by atoms with Crippen molar-refractivity contribution in [2.24, 2.45) is 5.92 Å². The zero-order valence-corrected chi connectivity index (χ0v) is 15.7. The van der Waals surface area contributed by atoms with E-state index in [-0.39, 0.29) is 35.7 Å². The summed E-state index contributed by atoms with van der Waals surface area (Å²) in [5.74, 6) is -0.524. The molecule has 0 bridgehead atoms. The number of halogens is 2. The number of amides is 2. The first-order chi connectivity index (χ1) is 13.9. The van der Waals surface area contributed by atoms with Gasteiger partial charge in [-0.1, -0.05) is 12.8 Å². The van der Waals surface area contributed by atoms with Gasteiger partial charge in [0.05, 0.1) is 6.10 Å². The molecule has 1 saturated carbocycles. The van der Waals surface area contributed by atoms with Crippen molar-refractivity contribution >= 4 is 17.6 Å². The second-order valence-electron chi connectivity index (χ2n) is 7.69. The van der Waals surface area contributed by atoms with E-state index in [1.165, 1.54) is 29.2 Å². The Morgan fingerprint density at radius 3 is 2.59 bits per heavy atom. The van der Waals surface area contributed by atoms with Gasteiger partial charge in [0.2, 0.25) is 5.91 Å². The molecular formula is C20H22F2N2O5. The van der Waals surface area contributed by atoms with E-state index in [9.17, 15) is 23.2 Å². The number of nitrogens with zero attached hydrogens (tertiary/aromatic N) is 1. The summed E-state index contributed by atoms with van der Waals surface area (Å²) in [6.07, 6.45) is 2.88. The molecule has 1 aromatic carbocycles. The van der Waals surface area contributed by atoms with Crippen molar-refractivity contribution < 1.29 is 32.6 Å². The van der Waals surface area contributed by atoms with Crippen molar-refractivity contribution in [3.63, 3.8) is 0 Å². The van der Waals surface area contributed by atoms with Crippen molar-refractivity contribution in [2.75, 3.05) is 13.2 Å². The average Bonchev–Trinajstić information content (AvgIpc) is 3.28. The van der Waals surface area contributed by atoms with Crippen LogP contribution in [0.2, 0.25) is 0 Å². The minimum atomic E-state index is -2.94. The average molecular weight is 408 g/mol. The van der Waals surface area contributed by atoms with Gasteiger partial charge in [-0.15, -0.1) is 0 Å². The largest absolute Gasteiger partial charge is 0.435 e. The maximum absolute atomic E-state index is 13.1. The van der Waals surface area contributed by atoms with Gasteiger partial charge in [-0.2, -0.15) is 8.78 Å². The smallest absolute Gasteiger partial charge is 0.387 e. The topological polar surface area (TPSA) is 84.9 Å². The summed E-state index contributed by atoms with van der Waals surface area (Å²) in [6.45, 7) is -2.50. The highest BCUT2D eigenvalue weighted by atomic mass is 19.3. The SMILES string of the molecule is O=C(NC(CC1CC1)C(=O)N1CCC2OCC(=O)C21)c1ccc(OC(F)F)cc1. The summed E-state index contributed by atoms with van der Waals surface area (Å²) in [5, 5.41) is 2.77. The highest BCUT2D eigenvalue weighted by Gasteiger charge is 2.48. The van der Waals surface area contributed by atoms with Crippen LogP contribution in [0.25, 0.3) is 0 Å². The van der Waals surface area contributed by atoms with Crippen LogP contribution in [0, 0.1) is 5.92 Å². The maximum atomic E-state index is 13.1. The molecule has 29 heavy (non-hydrogen) atoms. The molecule has 3 aliphatic rings. The Morgan fingerprint density at radius 2 is 1.93 bits per heavy atom. The zero-order valence-electron chi connectivity index (χ0n) is 15.7. The molecule has 1 aliphatic carbocycles. The van der Waals surface area contributed by atoms with E-state index in [0.717, 1.165) is 12.8 Å². The molecule has 1 aromatic rings. The van der Waals surface area contributed by atoms with Crippen LogP contribution in [0.3, 0.4) is 0 Å². The van der Waals surface area contributed by atoms with Gasteiger partial charge in [-0.25, -0.2) is 0 Å². The van der Waals surface area contributed by atoms with Gasteiger partial charge < -0.3 is 19.7 Å². The van der Waals surface area contributed by atoms with Gasteiger partial charge >= 0.3 is 6.61 Å². The summed E-state index contributed by atoms with van der Waals surface area (Å²) in [5.41, 5.74) is 0.236. The third kappa shape index (κ3) is 4.39. The number of benzene rings is 1. The summed E-state index contributed by atoms with van der Waals surface area (Å²) in [4.78, 5) is 39.4. The van der Waals surface area contributed by atoms with E-state index in [0.29, 0.717) is 25.3 Å². The number of hydrogen-bond acceptors (Lipinski definition) is 5. The molecule has 2 aliphatic heterocycles. The monoisotopic (exact) mass is 408 g/mol. The summed E-state index contributed by atoms with van der Waals surface area (Å²) < 4.78 is 34.2. The highest BCUT2D eigenvalue weighted by Crippen LogP contribution is 2.35. The summed E-state index contributed by atoms with van der Waals surface area (Å²) in [6, 6.07) is 3.99. The standard InChI is InChI=1S/C20H22F2N2O5/c21-20(22)29-13-5-3-12(4-6-13)18(26)23-14(9-11-1-2-11)19(27)24-8-7-16-17(24)15(25)10-28-16/h3-6,11,14,16-17,20H,1-2,7-10H2,(H,23,26). The number of rotatable bonds is 7. The first kappa shape index (κ1) is 19.8. The molecule has 3 atom stereocenters. The minimum absolute atomic E-state index is 0.0196. The Hall–Kier alpha value is -2.55. The zero-order chi connectivity index (χ0) is 20.5. The van der Waals surface area contributed by atoms with Crippen molar-refractivity contribution in [3.8, 4) is 5.75 Å². The first-order valence-electron chi connectivity index (χ1n) is 9.73. The molecule has 3 unspecified atom stereocenters. The number of likely N-dealkylation sites (tertiary alicyclic amines) is 1. The van der Waals surface area contributed by atoms with Gasteiger partial charge in [0.15, 0.2) is 5.78 Å². The van der Waals surface area contributed by atoms with Crippen LogP contribution < -0.4 is 10.1 Å². The Labute approximate surface area is 166 Å². The van der Waals surface area contributed by atoms with Gasteiger partial charge in [0.1, 0.15) is 24.4 Å². The number of Topliss-reactive ketones (excluding diaryl/α,β-unsaturated/α-hetero) is 1. The molecular weight excluding hydrogens is 386 g/mol. The molecule has 1 N–H and O–H groups in total. The quantitative estimate of drug-likeness (QED) is 0.743. The number of ketones is 1. The van der Waals surface area contributed by atoms with Crippen LogP contribution in [0.5, 0.6) is 5.75 Å². The lowest BCUT2D eigenvalue weighted by atomic mass is 10.1. The highest BCUT2D eigenvalue weighted by molar-refractivity contribution is 5.99. The van der Waals surface area contributed by atoms with Crippen molar-refractivity contribution in [1.29, 1.82) is 0 Å². The molecule has 0 radical (unpaired) electrons. The molecule has 3 fully saturated rings. The Balaban J connectivity index is 1.44. The molecule has 9 heteroatoms. The third-order valence-electron chi connectivity index (χ3n) is 5.61. The van der Waals surface area contributed by atoms with Gasteiger partial charge in [-0.05, 0) is 43.0 Å². The van der Waals surface area contributed by atoms with E-state index < -0.39 is 24.6 Å². The van der Waals surface area contributed by atoms with E-state index in [4.69, 9.17) is 4.74 Å². The number of nitrogens with one attached hydrogen (secondary N) is 1. The van der Waals surface area contributed by atoms with Gasteiger partial charge in [-0.3, -0.25) is 14.4 Å². The third-order valence-corrected chi connectivity index (χ3v) is 5.61. The fourth-order valence-corrected chi connectivity index (χ4v) is 3.98. The predicted octanol–water partition coefficient (Wildman–Crippen LogP) is 1.76. The number of carbonyl (C=O) groups excluding carboxylic acids is 3. The van der Waals surface area contributed by atoms with Crippen molar-refractivity contribution in [2.45, 2.75) is 50.5 Å². The lowest BCUT2D eigenvalue weighted by Gasteiger charge is -2.27. The molecule has 7 nitrogen and oxygen atoms in total. The van der Waals surface area contributed by atoms with Gasteiger partial charge in [0.25, 0.3) is 5.91 Å². The van der Waals surface area contributed by atoms with Crippen LogP contribution in [0.15, 0.2) is 24.3 Å². The lowest BCUT2D eigenvalue weighted by molar-refractivity contribution is -0.138. The normalized spacial score (nSPS) is 24.5. The Kier molecular flexibility index (Phi) is 5.49. The fourth-order valence-electron chi connectivity index (χ4n) is 3.98. The number of hydrogen-bond donors (Lipinski definition) is 1. The van der Waals surface area contributed by atoms with Crippen LogP contribution in [-0.2, 0) is 14.3 Å². The van der Waals surface area contributed by atoms with E-state index in [1.54, 1.807) is 0 Å². The molecule has 156 valence electrons. The Morgan fingerprint density at radius 1 is 1.21 bits per heavy atom. The first-order valence-corrected chi connectivity index (χ1v) is 9.73. The molecule has 0 aromatic heterocycles. The number of alkyl halides is 2. The van der Waals surface area contributed by atoms with Gasteiger partial charge in [0, 0.05) is 12.1 Å². The van der Waals surface area contributed by atoms with Crippen molar-refractivity contribution in [1.82, 2.24) is 10.2 Å². The second-order valence-corrected chi connectivity index (χ2v) is 7.69. The molecule has 4 rings (SSSR count). The minimum Gasteiger partial charge on any atom is -0.435 e. The number of carbonyl (C=O) groups is 3. The van der Waals surface area contributed by atoms with Crippen molar-refractivity contribution in [3.05, 3.63) is 29.8 Å². The molecule has 2 saturated heterocycles. The lowest BCUT2D eigenvalue weighted by Crippen LogP contribution is -2.52. The maximum Gasteiger partial charge on any atom is 0.387 e. The molecule has 2 amide bonds. The second kappa shape index (κ2) is 8.06. The number of ether oxygens (including phenoxy) is 2. The Bertz CT molecular complexity index is 797. The van der Waals surface area contributed by atoms with Crippen LogP contribution in [0.4, 0.5) is 8.78 Å². The van der Waals surface area contributed by atoms with Crippen LogP contribution in [0.1, 0.15) is 36.0 Å². The summed E-state index contributed by atoms with van der Waals surface area (Å²) in [7, 11) is 0. The number of fused-ring (bicyclic) bond motifs is 1. The fraction of sp³-hybridized carbons (Fsp3) is 0.550. The molecule has 2 heterocycles. The van der Waals surface area contributed by atoms with Crippen LogP contribution >= 0.6 is 0 Å². The van der Waals surface area contributed by atoms with Crippen LogP contribution in [-0.4, -0.2) is 60.4 Å². The predicted molar refractivity (Wildman–Crippen MR) is 96.5 cm³/mol. The van der Waals surface area contributed by atoms with E-state index in [1.807, 2.05) is 0 Å². The summed E-state index contributed by atoms with van der Waals surface area (Å²) >= 11 is 0. The van der Waals surface area contributed by atoms with E-state index >= 15 is 0 Å². The molecule has 0 spiro atoms. The van der Waals surface area contributed by atoms with E-state index in [2.05, 4.69) is 10.1 Å².